The Morgan fingerprint density at radius 2 is 1.76 bits per heavy atom. The van der Waals surface area contributed by atoms with E-state index in [-0.39, 0.29) is 5.82 Å². The van der Waals surface area contributed by atoms with E-state index in [0.717, 1.165) is 25.5 Å². The summed E-state index contributed by atoms with van der Waals surface area (Å²) in [6, 6.07) is 18.3. The Bertz CT molecular complexity index is 896. The van der Waals surface area contributed by atoms with Gasteiger partial charge in [0, 0.05) is 4.90 Å². The lowest BCUT2D eigenvalue weighted by Crippen LogP contribution is -1.92. The standard InChI is InChI=1S/C20H15ClFNS2/c1-14-2-6-16(7-3-14)23-18(19-10-11-20(21)25-19)12-13-24-17-8-4-15(22)5-9-17/h2-13H,1H3/b13-12+,23-18?. The van der Waals surface area contributed by atoms with Gasteiger partial charge >= 0.3 is 0 Å². The monoisotopic (exact) mass is 387 g/mol. The van der Waals surface area contributed by atoms with Gasteiger partial charge in [0.1, 0.15) is 5.82 Å². The Morgan fingerprint density at radius 3 is 2.40 bits per heavy atom. The number of thioether (sulfide) groups is 1. The second-order valence-corrected chi connectivity index (χ2v) is 8.01. The molecule has 0 amide bonds. The van der Waals surface area contributed by atoms with Crippen molar-refractivity contribution in [2.45, 2.75) is 11.8 Å². The van der Waals surface area contributed by atoms with Gasteiger partial charge in [0.05, 0.1) is 20.6 Å². The molecule has 25 heavy (non-hydrogen) atoms. The Hall–Kier alpha value is -1.88. The van der Waals surface area contributed by atoms with Crippen LogP contribution in [0, 0.1) is 12.7 Å². The molecule has 0 spiro atoms. The normalized spacial score (nSPS) is 12.0. The smallest absolute Gasteiger partial charge is 0.123 e. The molecule has 0 radical (unpaired) electrons. The quantitative estimate of drug-likeness (QED) is 0.331. The van der Waals surface area contributed by atoms with Crippen LogP contribution in [0.5, 0.6) is 0 Å². The second kappa shape index (κ2) is 8.48. The van der Waals surface area contributed by atoms with Crippen LogP contribution in [0.15, 0.2) is 82.0 Å². The summed E-state index contributed by atoms with van der Waals surface area (Å²) in [6.45, 7) is 2.05. The van der Waals surface area contributed by atoms with Gasteiger partial charge in [-0.3, -0.25) is 0 Å². The van der Waals surface area contributed by atoms with E-state index in [1.807, 2.05) is 54.8 Å². The fourth-order valence-electron chi connectivity index (χ4n) is 2.08. The number of nitrogens with zero attached hydrogens (tertiary/aromatic N) is 1. The molecule has 1 aromatic heterocycles. The summed E-state index contributed by atoms with van der Waals surface area (Å²) in [7, 11) is 0. The van der Waals surface area contributed by atoms with Crippen molar-refractivity contribution in [3.8, 4) is 0 Å². The number of allylic oxidation sites excluding steroid dienone is 1. The van der Waals surface area contributed by atoms with Crippen LogP contribution >= 0.6 is 34.7 Å². The van der Waals surface area contributed by atoms with Gasteiger partial charge in [0.2, 0.25) is 0 Å². The van der Waals surface area contributed by atoms with Crippen LogP contribution in [0.2, 0.25) is 4.34 Å². The predicted octanol–water partition coefficient (Wildman–Crippen LogP) is 7.28. The van der Waals surface area contributed by atoms with Crippen molar-refractivity contribution in [1.82, 2.24) is 0 Å². The van der Waals surface area contributed by atoms with Gasteiger partial charge in [0.15, 0.2) is 0 Å². The molecule has 0 N–H and O–H groups in total. The summed E-state index contributed by atoms with van der Waals surface area (Å²) in [6.07, 6.45) is 1.95. The van der Waals surface area contributed by atoms with Gasteiger partial charge < -0.3 is 0 Å². The summed E-state index contributed by atoms with van der Waals surface area (Å²) in [5.74, 6) is -0.233. The highest BCUT2D eigenvalue weighted by molar-refractivity contribution is 8.02. The first kappa shape index (κ1) is 17.9. The largest absolute Gasteiger partial charge is 0.248 e. The van der Waals surface area contributed by atoms with Crippen molar-refractivity contribution in [1.29, 1.82) is 0 Å². The number of benzene rings is 2. The zero-order chi connectivity index (χ0) is 17.6. The van der Waals surface area contributed by atoms with Crippen LogP contribution in [-0.4, -0.2) is 5.71 Å². The van der Waals surface area contributed by atoms with Crippen LogP contribution in [0.1, 0.15) is 10.4 Å². The third kappa shape index (κ3) is 5.30. The maximum Gasteiger partial charge on any atom is 0.123 e. The third-order valence-corrected chi connectivity index (χ3v) is 5.42. The van der Waals surface area contributed by atoms with Crippen molar-refractivity contribution < 1.29 is 4.39 Å². The molecule has 0 aliphatic heterocycles. The van der Waals surface area contributed by atoms with Crippen molar-refractivity contribution in [2.24, 2.45) is 4.99 Å². The molecule has 1 heterocycles. The zero-order valence-electron chi connectivity index (χ0n) is 13.4. The van der Waals surface area contributed by atoms with Crippen LogP contribution in [-0.2, 0) is 0 Å². The van der Waals surface area contributed by atoms with E-state index in [0.29, 0.717) is 0 Å². The lowest BCUT2D eigenvalue weighted by molar-refractivity contribution is 0.626. The van der Waals surface area contributed by atoms with Gasteiger partial charge in [-0.25, -0.2) is 9.38 Å². The van der Waals surface area contributed by atoms with Gasteiger partial charge in [-0.1, -0.05) is 41.1 Å². The SMILES string of the molecule is Cc1ccc(N=C(/C=C/Sc2ccc(F)cc2)c2ccc(Cl)s2)cc1. The first-order valence-corrected chi connectivity index (χ1v) is 9.67. The van der Waals surface area contributed by atoms with E-state index in [2.05, 4.69) is 0 Å². The Labute approximate surface area is 159 Å². The molecular formula is C20H15ClFNS2. The van der Waals surface area contributed by atoms with Crippen LogP contribution in [0.3, 0.4) is 0 Å². The highest BCUT2D eigenvalue weighted by Crippen LogP contribution is 2.26. The summed E-state index contributed by atoms with van der Waals surface area (Å²) >= 11 is 9.08. The Morgan fingerprint density at radius 1 is 1.04 bits per heavy atom. The maximum absolute atomic E-state index is 13.0. The summed E-state index contributed by atoms with van der Waals surface area (Å²) in [5, 5.41) is 1.95. The fourth-order valence-corrected chi connectivity index (χ4v) is 3.74. The lowest BCUT2D eigenvalue weighted by Gasteiger charge is -2.01. The summed E-state index contributed by atoms with van der Waals surface area (Å²) in [5.41, 5.74) is 2.93. The molecule has 0 fully saturated rings. The van der Waals surface area contributed by atoms with Crippen LogP contribution < -0.4 is 0 Å². The predicted molar refractivity (Wildman–Crippen MR) is 108 cm³/mol. The maximum atomic E-state index is 13.0. The Kier molecular flexibility index (Phi) is 6.08. The van der Waals surface area contributed by atoms with Crippen molar-refractivity contribution in [3.63, 3.8) is 0 Å². The van der Waals surface area contributed by atoms with Crippen LogP contribution in [0.4, 0.5) is 10.1 Å². The van der Waals surface area contributed by atoms with Gasteiger partial charge in [-0.2, -0.15) is 0 Å². The molecule has 1 nitrogen and oxygen atoms in total. The number of rotatable bonds is 5. The van der Waals surface area contributed by atoms with Gasteiger partial charge in [0.25, 0.3) is 0 Å². The first-order chi connectivity index (χ1) is 12.1. The molecule has 0 atom stereocenters. The zero-order valence-corrected chi connectivity index (χ0v) is 15.8. The van der Waals surface area contributed by atoms with Crippen molar-refractivity contribution in [3.05, 3.63) is 92.7 Å². The average molecular weight is 388 g/mol. The number of halogens is 2. The highest BCUT2D eigenvalue weighted by Gasteiger charge is 2.05. The number of aryl methyl sites for hydroxylation is 1. The van der Waals surface area contributed by atoms with Crippen LogP contribution in [0.25, 0.3) is 0 Å². The summed E-state index contributed by atoms with van der Waals surface area (Å²) < 4.78 is 13.7. The molecular weight excluding hydrogens is 373 g/mol. The van der Waals surface area contributed by atoms with Gasteiger partial charge in [-0.15, -0.1) is 11.3 Å². The molecule has 0 aliphatic rings. The third-order valence-electron chi connectivity index (χ3n) is 3.35. The van der Waals surface area contributed by atoms with Crippen molar-refractivity contribution >= 4 is 46.1 Å². The topological polar surface area (TPSA) is 12.4 Å². The first-order valence-electron chi connectivity index (χ1n) is 7.60. The van der Waals surface area contributed by atoms with E-state index in [1.165, 1.54) is 40.8 Å². The summed E-state index contributed by atoms with van der Waals surface area (Å²) in [4.78, 5) is 6.71. The Balaban J connectivity index is 1.84. The number of hydrogen-bond donors (Lipinski definition) is 0. The van der Waals surface area contributed by atoms with E-state index in [9.17, 15) is 4.39 Å². The molecule has 3 aromatic rings. The van der Waals surface area contributed by atoms with E-state index in [1.54, 1.807) is 12.1 Å². The second-order valence-electron chi connectivity index (χ2n) is 5.31. The fraction of sp³-hybridized carbons (Fsp3) is 0.0500. The van der Waals surface area contributed by atoms with E-state index >= 15 is 0 Å². The van der Waals surface area contributed by atoms with E-state index < -0.39 is 0 Å². The minimum absolute atomic E-state index is 0.233. The molecule has 0 saturated carbocycles. The molecule has 0 aliphatic carbocycles. The molecule has 3 rings (SSSR count). The molecule has 0 unspecified atom stereocenters. The number of thiophene rings is 1. The molecule has 0 saturated heterocycles. The molecule has 0 bridgehead atoms. The van der Waals surface area contributed by atoms with Gasteiger partial charge in [-0.05, 0) is 66.9 Å². The minimum atomic E-state index is -0.233. The van der Waals surface area contributed by atoms with E-state index in [4.69, 9.17) is 16.6 Å². The lowest BCUT2D eigenvalue weighted by atomic mass is 10.2. The highest BCUT2D eigenvalue weighted by atomic mass is 35.5. The molecule has 2 aromatic carbocycles. The number of hydrogen-bond acceptors (Lipinski definition) is 3. The van der Waals surface area contributed by atoms with Crippen molar-refractivity contribution in [2.75, 3.05) is 0 Å². The average Bonchev–Trinajstić information content (AvgIpc) is 3.04. The minimum Gasteiger partial charge on any atom is -0.248 e. The number of aliphatic imine (C=N–C) groups is 1. The molecule has 5 heteroatoms. The molecule has 126 valence electrons.